The van der Waals surface area contributed by atoms with Crippen molar-refractivity contribution < 1.29 is 9.90 Å². The fraction of sp³-hybridized carbons (Fsp3) is 0.727. The van der Waals surface area contributed by atoms with Crippen LogP contribution in [0.25, 0.3) is 0 Å². The molecular formula is C11H21NO2. The minimum Gasteiger partial charge on any atom is -0.480 e. The van der Waals surface area contributed by atoms with Gasteiger partial charge in [-0.2, -0.15) is 0 Å². The Morgan fingerprint density at radius 3 is 2.57 bits per heavy atom. The summed E-state index contributed by atoms with van der Waals surface area (Å²) in [7, 11) is 0. The van der Waals surface area contributed by atoms with Crippen LogP contribution in [0.4, 0.5) is 0 Å². The van der Waals surface area contributed by atoms with Crippen LogP contribution < -0.4 is 5.32 Å². The third-order valence-electron chi connectivity index (χ3n) is 2.33. The molecule has 0 amide bonds. The number of carboxylic acids is 1. The molecule has 1 atom stereocenters. The molecule has 2 N–H and O–H groups in total. The van der Waals surface area contributed by atoms with Crippen LogP contribution in [-0.2, 0) is 4.79 Å². The van der Waals surface area contributed by atoms with E-state index in [4.69, 9.17) is 5.11 Å². The molecule has 0 spiro atoms. The minimum absolute atomic E-state index is 0.527. The van der Waals surface area contributed by atoms with E-state index in [1.807, 2.05) is 0 Å². The molecule has 0 aromatic heterocycles. The Morgan fingerprint density at radius 1 is 1.64 bits per heavy atom. The Kier molecular flexibility index (Phi) is 5.46. The number of carboxylic acid groups (broad SMARTS) is 1. The van der Waals surface area contributed by atoms with E-state index in [1.54, 1.807) is 13.0 Å². The van der Waals surface area contributed by atoms with Crippen molar-refractivity contribution in [2.45, 2.75) is 39.2 Å². The molecule has 3 heteroatoms. The molecule has 0 rings (SSSR count). The van der Waals surface area contributed by atoms with Crippen LogP contribution >= 0.6 is 0 Å². The number of aliphatic carboxylic acids is 1. The fourth-order valence-electron chi connectivity index (χ4n) is 1.15. The molecule has 14 heavy (non-hydrogen) atoms. The van der Waals surface area contributed by atoms with Crippen LogP contribution in [-0.4, -0.2) is 23.2 Å². The largest absolute Gasteiger partial charge is 0.480 e. The van der Waals surface area contributed by atoms with Gasteiger partial charge >= 0.3 is 5.97 Å². The van der Waals surface area contributed by atoms with Crippen molar-refractivity contribution in [2.75, 3.05) is 6.54 Å². The highest BCUT2D eigenvalue weighted by Crippen LogP contribution is 2.16. The first-order valence-electron chi connectivity index (χ1n) is 5.01. The van der Waals surface area contributed by atoms with Crippen LogP contribution in [0.1, 0.15) is 33.6 Å². The van der Waals surface area contributed by atoms with Gasteiger partial charge in [-0.1, -0.05) is 19.9 Å². The molecule has 0 heterocycles. The zero-order valence-electron chi connectivity index (χ0n) is 9.34. The number of hydrogen-bond donors (Lipinski definition) is 2. The summed E-state index contributed by atoms with van der Waals surface area (Å²) in [6.07, 6.45) is 3.23. The molecule has 0 saturated heterocycles. The topological polar surface area (TPSA) is 49.3 Å². The normalized spacial score (nSPS) is 15.1. The van der Waals surface area contributed by atoms with E-state index in [1.165, 1.54) is 0 Å². The lowest BCUT2D eigenvalue weighted by Gasteiger charge is -2.26. The summed E-state index contributed by atoms with van der Waals surface area (Å²) in [5, 5.41) is 12.1. The highest BCUT2D eigenvalue weighted by atomic mass is 16.4. The van der Waals surface area contributed by atoms with Crippen molar-refractivity contribution in [1.29, 1.82) is 0 Å². The summed E-state index contributed by atoms with van der Waals surface area (Å²) >= 11 is 0. The van der Waals surface area contributed by atoms with E-state index in [0.29, 0.717) is 18.9 Å². The van der Waals surface area contributed by atoms with Crippen LogP contribution in [0.2, 0.25) is 0 Å². The van der Waals surface area contributed by atoms with Gasteiger partial charge in [-0.3, -0.25) is 10.1 Å². The molecule has 3 nitrogen and oxygen atoms in total. The second-order valence-corrected chi connectivity index (χ2v) is 4.24. The monoisotopic (exact) mass is 199 g/mol. The van der Waals surface area contributed by atoms with Crippen LogP contribution in [0.3, 0.4) is 0 Å². The molecule has 0 bridgehead atoms. The number of carbonyl (C=O) groups is 1. The van der Waals surface area contributed by atoms with E-state index in [0.717, 1.165) is 6.42 Å². The van der Waals surface area contributed by atoms with Gasteiger partial charge < -0.3 is 5.11 Å². The molecule has 0 aromatic carbocycles. The van der Waals surface area contributed by atoms with E-state index < -0.39 is 11.5 Å². The first-order valence-corrected chi connectivity index (χ1v) is 5.01. The Hall–Kier alpha value is -0.830. The van der Waals surface area contributed by atoms with Crippen molar-refractivity contribution >= 4 is 5.97 Å². The molecule has 0 aromatic rings. The predicted molar refractivity (Wildman–Crippen MR) is 58.3 cm³/mol. The van der Waals surface area contributed by atoms with E-state index >= 15 is 0 Å². The van der Waals surface area contributed by atoms with Gasteiger partial charge in [0.15, 0.2) is 0 Å². The third kappa shape index (κ3) is 4.42. The molecule has 0 aliphatic rings. The zero-order valence-corrected chi connectivity index (χ0v) is 9.34. The Labute approximate surface area is 86.2 Å². The third-order valence-corrected chi connectivity index (χ3v) is 2.33. The average molecular weight is 199 g/mol. The second kappa shape index (κ2) is 5.81. The van der Waals surface area contributed by atoms with Crippen LogP contribution in [0.15, 0.2) is 12.7 Å². The Morgan fingerprint density at radius 2 is 2.21 bits per heavy atom. The van der Waals surface area contributed by atoms with Crippen molar-refractivity contribution in [2.24, 2.45) is 5.92 Å². The van der Waals surface area contributed by atoms with E-state index in [9.17, 15) is 4.79 Å². The quantitative estimate of drug-likeness (QED) is 0.617. The molecule has 82 valence electrons. The van der Waals surface area contributed by atoms with Gasteiger partial charge in [-0.25, -0.2) is 0 Å². The van der Waals surface area contributed by atoms with Crippen LogP contribution in [0.5, 0.6) is 0 Å². The van der Waals surface area contributed by atoms with Crippen molar-refractivity contribution in [3.63, 3.8) is 0 Å². The van der Waals surface area contributed by atoms with Crippen molar-refractivity contribution in [3.05, 3.63) is 12.7 Å². The molecular weight excluding hydrogens is 178 g/mol. The summed E-state index contributed by atoms with van der Waals surface area (Å²) in [6, 6.07) is 0. The molecule has 0 aliphatic carbocycles. The molecule has 0 fully saturated rings. The van der Waals surface area contributed by atoms with Gasteiger partial charge in [0.2, 0.25) is 0 Å². The lowest BCUT2D eigenvalue weighted by atomic mass is 9.92. The maximum absolute atomic E-state index is 11.0. The second-order valence-electron chi connectivity index (χ2n) is 4.24. The first kappa shape index (κ1) is 13.2. The number of rotatable bonds is 7. The standard InChI is InChI=1S/C11H21NO2/c1-5-8-12-11(4,10(13)14)7-6-9(2)3/h5,9,12H,1,6-8H2,2-4H3,(H,13,14). The van der Waals surface area contributed by atoms with Crippen LogP contribution in [0, 0.1) is 5.92 Å². The Balaban J connectivity index is 4.23. The minimum atomic E-state index is -0.821. The van der Waals surface area contributed by atoms with Gasteiger partial charge in [0.1, 0.15) is 5.54 Å². The summed E-state index contributed by atoms with van der Waals surface area (Å²) < 4.78 is 0. The highest BCUT2D eigenvalue weighted by molar-refractivity contribution is 5.78. The van der Waals surface area contributed by atoms with Gasteiger partial charge in [0, 0.05) is 6.54 Å². The maximum atomic E-state index is 11.0. The van der Waals surface area contributed by atoms with Gasteiger partial charge in [0.25, 0.3) is 0 Å². The average Bonchev–Trinajstić information content (AvgIpc) is 2.11. The summed E-state index contributed by atoms with van der Waals surface area (Å²) in [4.78, 5) is 11.0. The van der Waals surface area contributed by atoms with Gasteiger partial charge in [0.05, 0.1) is 0 Å². The molecule has 0 saturated carbocycles. The number of nitrogens with one attached hydrogen (secondary N) is 1. The molecule has 0 radical (unpaired) electrons. The fourth-order valence-corrected chi connectivity index (χ4v) is 1.15. The zero-order chi connectivity index (χ0) is 11.2. The lowest BCUT2D eigenvalue weighted by molar-refractivity contribution is -0.144. The predicted octanol–water partition coefficient (Wildman–Crippen LogP) is 2.04. The highest BCUT2D eigenvalue weighted by Gasteiger charge is 2.31. The molecule has 1 unspecified atom stereocenters. The maximum Gasteiger partial charge on any atom is 0.323 e. The van der Waals surface area contributed by atoms with Gasteiger partial charge in [-0.05, 0) is 25.7 Å². The van der Waals surface area contributed by atoms with Gasteiger partial charge in [-0.15, -0.1) is 6.58 Å². The van der Waals surface area contributed by atoms with Crippen molar-refractivity contribution in [1.82, 2.24) is 5.32 Å². The van der Waals surface area contributed by atoms with Crippen molar-refractivity contribution in [3.8, 4) is 0 Å². The lowest BCUT2D eigenvalue weighted by Crippen LogP contribution is -2.49. The number of hydrogen-bond acceptors (Lipinski definition) is 2. The smallest absolute Gasteiger partial charge is 0.323 e. The Bertz CT molecular complexity index is 201. The van der Waals surface area contributed by atoms with E-state index in [-0.39, 0.29) is 0 Å². The first-order chi connectivity index (χ1) is 6.42. The SMILES string of the molecule is C=CCNC(C)(CCC(C)C)C(=O)O. The van der Waals surface area contributed by atoms with E-state index in [2.05, 4.69) is 25.7 Å². The summed E-state index contributed by atoms with van der Waals surface area (Å²) in [6.45, 7) is 10.0. The summed E-state index contributed by atoms with van der Waals surface area (Å²) in [5.74, 6) is -0.265. The molecule has 0 aliphatic heterocycles. The summed E-state index contributed by atoms with van der Waals surface area (Å²) in [5.41, 5.74) is -0.821.